The monoisotopic (exact) mass is 226 g/mol. The molecule has 15 heavy (non-hydrogen) atoms. The maximum atomic E-state index is 6.12. The first kappa shape index (κ1) is 10.8. The fraction of sp³-hybridized carbons (Fsp3) is 0.600. The first-order valence-electron chi connectivity index (χ1n) is 5.06. The molecule has 0 unspecified atom stereocenters. The summed E-state index contributed by atoms with van der Waals surface area (Å²) in [5, 5.41) is 3.87. The van der Waals surface area contributed by atoms with Gasteiger partial charge in [-0.15, -0.1) is 0 Å². The molecule has 5 heteroatoms. The maximum Gasteiger partial charge on any atom is 0.144 e. The van der Waals surface area contributed by atoms with Crippen molar-refractivity contribution in [2.45, 2.75) is 19.5 Å². The molecule has 1 N–H and O–H groups in total. The van der Waals surface area contributed by atoms with Crippen molar-refractivity contribution in [3.8, 4) is 0 Å². The lowest BCUT2D eigenvalue weighted by Gasteiger charge is -2.18. The fourth-order valence-electron chi connectivity index (χ4n) is 1.70. The highest BCUT2D eigenvalue weighted by Crippen LogP contribution is 2.19. The van der Waals surface area contributed by atoms with Gasteiger partial charge in [0.25, 0.3) is 0 Å². The number of aromatic nitrogens is 2. The maximum absolute atomic E-state index is 6.12. The molecule has 0 fully saturated rings. The summed E-state index contributed by atoms with van der Waals surface area (Å²) in [6.07, 6.45) is 0.942. The number of hydrogen-bond acceptors (Lipinski definition) is 4. The van der Waals surface area contributed by atoms with Crippen LogP contribution >= 0.6 is 11.6 Å². The van der Waals surface area contributed by atoms with Crippen LogP contribution in [0.2, 0.25) is 5.15 Å². The van der Waals surface area contributed by atoms with Crippen molar-refractivity contribution < 1.29 is 0 Å². The lowest BCUT2D eigenvalue weighted by atomic mass is 10.1. The van der Waals surface area contributed by atoms with Crippen LogP contribution in [0.3, 0.4) is 0 Å². The van der Waals surface area contributed by atoms with Crippen molar-refractivity contribution in [2.24, 2.45) is 0 Å². The molecule has 0 amide bonds. The second kappa shape index (κ2) is 4.43. The van der Waals surface area contributed by atoms with Crippen LogP contribution in [0.4, 0.5) is 0 Å². The predicted molar refractivity (Wildman–Crippen MR) is 59.8 cm³/mol. The Labute approximate surface area is 94.7 Å². The molecule has 0 atom stereocenters. The average Bonchev–Trinajstić information content (AvgIpc) is 2.16. The summed E-state index contributed by atoms with van der Waals surface area (Å²) in [6, 6.07) is 0. The zero-order valence-electron chi connectivity index (χ0n) is 9.05. The smallest absolute Gasteiger partial charge is 0.144 e. The number of fused-ring (bicyclic) bond motifs is 1. The first-order valence-corrected chi connectivity index (χ1v) is 5.44. The molecule has 0 aliphatic carbocycles. The lowest BCUT2D eigenvalue weighted by molar-refractivity contribution is 0.388. The van der Waals surface area contributed by atoms with E-state index in [1.807, 2.05) is 19.0 Å². The molecule has 0 radical (unpaired) electrons. The standard InChI is InChI=1S/C10H15ClN4/c1-15(2)6-9-13-8-3-4-12-5-7(8)10(11)14-9/h12H,3-6H2,1-2H3. The summed E-state index contributed by atoms with van der Waals surface area (Å²) < 4.78 is 0. The van der Waals surface area contributed by atoms with Gasteiger partial charge in [0.15, 0.2) is 0 Å². The highest BCUT2D eigenvalue weighted by Gasteiger charge is 2.16. The van der Waals surface area contributed by atoms with E-state index in [0.717, 1.165) is 43.1 Å². The zero-order valence-corrected chi connectivity index (χ0v) is 9.80. The Morgan fingerprint density at radius 3 is 2.93 bits per heavy atom. The summed E-state index contributed by atoms with van der Waals surface area (Å²) in [6.45, 7) is 2.50. The van der Waals surface area contributed by atoms with Crippen molar-refractivity contribution in [1.82, 2.24) is 20.2 Å². The van der Waals surface area contributed by atoms with Gasteiger partial charge in [0.1, 0.15) is 11.0 Å². The molecule has 1 aliphatic heterocycles. The molecule has 1 aliphatic rings. The van der Waals surface area contributed by atoms with Crippen LogP contribution in [0.15, 0.2) is 0 Å². The van der Waals surface area contributed by atoms with Gasteiger partial charge in [-0.25, -0.2) is 9.97 Å². The second-order valence-electron chi connectivity index (χ2n) is 4.02. The van der Waals surface area contributed by atoms with E-state index >= 15 is 0 Å². The van der Waals surface area contributed by atoms with Crippen LogP contribution in [-0.4, -0.2) is 35.5 Å². The van der Waals surface area contributed by atoms with Gasteiger partial charge in [-0.05, 0) is 14.1 Å². The third-order valence-electron chi connectivity index (χ3n) is 2.39. The molecule has 4 nitrogen and oxygen atoms in total. The minimum atomic E-state index is 0.601. The van der Waals surface area contributed by atoms with Crippen LogP contribution in [0, 0.1) is 0 Å². The fourth-order valence-corrected chi connectivity index (χ4v) is 1.98. The van der Waals surface area contributed by atoms with Gasteiger partial charge >= 0.3 is 0 Å². The quantitative estimate of drug-likeness (QED) is 0.759. The number of halogens is 1. The van der Waals surface area contributed by atoms with Gasteiger partial charge in [0, 0.05) is 25.1 Å². The average molecular weight is 227 g/mol. The number of rotatable bonds is 2. The molecule has 1 aromatic heterocycles. The summed E-state index contributed by atoms with van der Waals surface area (Å²) in [5.41, 5.74) is 2.16. The summed E-state index contributed by atoms with van der Waals surface area (Å²) in [4.78, 5) is 10.9. The number of nitrogens with zero attached hydrogens (tertiary/aromatic N) is 3. The number of nitrogens with one attached hydrogen (secondary N) is 1. The van der Waals surface area contributed by atoms with E-state index in [0.29, 0.717) is 5.15 Å². The van der Waals surface area contributed by atoms with Crippen molar-refractivity contribution in [3.63, 3.8) is 0 Å². The van der Waals surface area contributed by atoms with Crippen molar-refractivity contribution >= 4 is 11.6 Å². The first-order chi connectivity index (χ1) is 7.16. The van der Waals surface area contributed by atoms with Gasteiger partial charge in [0.05, 0.1) is 12.2 Å². The van der Waals surface area contributed by atoms with E-state index in [-0.39, 0.29) is 0 Å². The summed E-state index contributed by atoms with van der Waals surface area (Å²) in [5.74, 6) is 0.811. The molecule has 82 valence electrons. The molecule has 0 spiro atoms. The molecule has 0 bridgehead atoms. The van der Waals surface area contributed by atoms with Crippen LogP contribution in [0.1, 0.15) is 17.1 Å². The van der Waals surface area contributed by atoms with Crippen LogP contribution in [0.25, 0.3) is 0 Å². The van der Waals surface area contributed by atoms with Crippen molar-refractivity contribution in [1.29, 1.82) is 0 Å². The molecule has 0 saturated heterocycles. The van der Waals surface area contributed by atoms with Crippen molar-refractivity contribution in [3.05, 3.63) is 22.2 Å². The molecule has 2 rings (SSSR count). The highest BCUT2D eigenvalue weighted by atomic mass is 35.5. The lowest BCUT2D eigenvalue weighted by Crippen LogP contribution is -2.26. The van der Waals surface area contributed by atoms with Gasteiger partial charge in [-0.3, -0.25) is 0 Å². The zero-order chi connectivity index (χ0) is 10.8. The van der Waals surface area contributed by atoms with E-state index < -0.39 is 0 Å². The molecular formula is C10H15ClN4. The largest absolute Gasteiger partial charge is 0.312 e. The molecule has 0 saturated carbocycles. The highest BCUT2D eigenvalue weighted by molar-refractivity contribution is 6.30. The van der Waals surface area contributed by atoms with Crippen LogP contribution in [-0.2, 0) is 19.5 Å². The van der Waals surface area contributed by atoms with E-state index in [1.54, 1.807) is 0 Å². The SMILES string of the molecule is CN(C)Cc1nc(Cl)c2c(n1)CCNC2. The molecule has 1 aromatic rings. The van der Waals surface area contributed by atoms with Gasteiger partial charge < -0.3 is 10.2 Å². The van der Waals surface area contributed by atoms with Gasteiger partial charge in [-0.1, -0.05) is 11.6 Å². The Morgan fingerprint density at radius 2 is 2.20 bits per heavy atom. The minimum absolute atomic E-state index is 0.601. The van der Waals surface area contributed by atoms with E-state index in [2.05, 4.69) is 15.3 Å². The van der Waals surface area contributed by atoms with Crippen LogP contribution < -0.4 is 5.32 Å². The molecule has 2 heterocycles. The number of hydrogen-bond donors (Lipinski definition) is 1. The second-order valence-corrected chi connectivity index (χ2v) is 4.38. The molecule has 0 aromatic carbocycles. The van der Waals surface area contributed by atoms with E-state index in [4.69, 9.17) is 11.6 Å². The summed E-state index contributed by atoms with van der Waals surface area (Å²) in [7, 11) is 4.00. The Balaban J connectivity index is 2.32. The van der Waals surface area contributed by atoms with E-state index in [9.17, 15) is 0 Å². The Kier molecular flexibility index (Phi) is 3.19. The van der Waals surface area contributed by atoms with Crippen LogP contribution in [0.5, 0.6) is 0 Å². The third-order valence-corrected chi connectivity index (χ3v) is 2.70. The van der Waals surface area contributed by atoms with Crippen molar-refractivity contribution in [2.75, 3.05) is 20.6 Å². The Morgan fingerprint density at radius 1 is 1.40 bits per heavy atom. The van der Waals surface area contributed by atoms with Gasteiger partial charge in [-0.2, -0.15) is 0 Å². The minimum Gasteiger partial charge on any atom is -0.312 e. The van der Waals surface area contributed by atoms with E-state index in [1.165, 1.54) is 0 Å². The predicted octanol–water partition coefficient (Wildman–Crippen LogP) is 0.837. The summed E-state index contributed by atoms with van der Waals surface area (Å²) >= 11 is 6.12. The topological polar surface area (TPSA) is 41.1 Å². The van der Waals surface area contributed by atoms with Gasteiger partial charge in [0.2, 0.25) is 0 Å². The Hall–Kier alpha value is -0.710. The normalized spacial score (nSPS) is 15.5. The molecular weight excluding hydrogens is 212 g/mol. The third kappa shape index (κ3) is 2.45. The Bertz CT molecular complexity index is 365.